The second kappa shape index (κ2) is 5.35. The molecule has 1 unspecified atom stereocenters. The molecule has 2 rings (SSSR count). The van der Waals surface area contributed by atoms with Gasteiger partial charge in [0.25, 0.3) is 0 Å². The SMILES string of the molecule is CC[C@@H](C=O)[C@]1(C)OC[C@@]1(N)C(N)[C@@H]1C=CCCC1. The van der Waals surface area contributed by atoms with Crippen LogP contribution in [0.3, 0.4) is 0 Å². The molecule has 4 N–H and O–H groups in total. The van der Waals surface area contributed by atoms with E-state index in [4.69, 9.17) is 16.2 Å². The van der Waals surface area contributed by atoms with Crippen LogP contribution in [0, 0.1) is 11.8 Å². The van der Waals surface area contributed by atoms with E-state index in [1.54, 1.807) is 0 Å². The highest BCUT2D eigenvalue weighted by Crippen LogP contribution is 2.45. The average Bonchev–Trinajstić information content (AvgIpc) is 2.46. The number of aldehydes is 1. The summed E-state index contributed by atoms with van der Waals surface area (Å²) in [5.41, 5.74) is 11.8. The lowest BCUT2D eigenvalue weighted by Crippen LogP contribution is -2.82. The quantitative estimate of drug-likeness (QED) is 0.582. The standard InChI is InChI=1S/C15H26N2O2/c1-3-12(9-18)14(2)15(17,10-19-14)13(16)11-7-5-4-6-8-11/h5,7,9,11-13H,3-4,6,8,10,16-17H2,1-2H3/t11-,12+,13?,14+,15-/m1/s1. The lowest BCUT2D eigenvalue weighted by Gasteiger charge is -2.61. The molecule has 0 radical (unpaired) electrons. The molecule has 0 aromatic rings. The Hall–Kier alpha value is -0.710. The van der Waals surface area contributed by atoms with Crippen LogP contribution in [0.2, 0.25) is 0 Å². The first-order valence-corrected chi connectivity index (χ1v) is 7.30. The molecule has 1 fully saturated rings. The van der Waals surface area contributed by atoms with Gasteiger partial charge in [-0.25, -0.2) is 0 Å². The molecule has 2 aliphatic rings. The van der Waals surface area contributed by atoms with Crippen LogP contribution in [0.1, 0.15) is 39.5 Å². The first-order valence-electron chi connectivity index (χ1n) is 7.30. The van der Waals surface area contributed by atoms with Crippen molar-refractivity contribution in [2.75, 3.05) is 6.61 Å². The summed E-state index contributed by atoms with van der Waals surface area (Å²) in [5, 5.41) is 0. The minimum Gasteiger partial charge on any atom is -0.370 e. The largest absolute Gasteiger partial charge is 0.370 e. The molecule has 1 aliphatic carbocycles. The van der Waals surface area contributed by atoms with Crippen molar-refractivity contribution in [2.45, 2.75) is 56.7 Å². The van der Waals surface area contributed by atoms with Crippen LogP contribution in [-0.2, 0) is 9.53 Å². The van der Waals surface area contributed by atoms with Gasteiger partial charge in [0, 0.05) is 12.0 Å². The molecule has 0 spiro atoms. The van der Waals surface area contributed by atoms with Crippen molar-refractivity contribution in [1.82, 2.24) is 0 Å². The lowest BCUT2D eigenvalue weighted by atomic mass is 9.62. The van der Waals surface area contributed by atoms with Crippen molar-refractivity contribution in [3.8, 4) is 0 Å². The van der Waals surface area contributed by atoms with Crippen LogP contribution < -0.4 is 11.5 Å². The highest BCUT2D eigenvalue weighted by Gasteiger charge is 2.62. The fraction of sp³-hybridized carbons (Fsp3) is 0.800. The van der Waals surface area contributed by atoms with Gasteiger partial charge < -0.3 is 21.0 Å². The summed E-state index contributed by atoms with van der Waals surface area (Å²) in [6, 6.07) is -0.156. The highest BCUT2D eigenvalue weighted by molar-refractivity contribution is 5.57. The van der Waals surface area contributed by atoms with Crippen molar-refractivity contribution < 1.29 is 9.53 Å². The van der Waals surface area contributed by atoms with Gasteiger partial charge in [0.05, 0.1) is 17.7 Å². The van der Waals surface area contributed by atoms with Gasteiger partial charge in [-0.15, -0.1) is 0 Å². The summed E-state index contributed by atoms with van der Waals surface area (Å²) in [6.45, 7) is 4.36. The van der Waals surface area contributed by atoms with E-state index >= 15 is 0 Å². The molecule has 108 valence electrons. The summed E-state index contributed by atoms with van der Waals surface area (Å²) in [6.07, 6.45) is 9.42. The zero-order valence-electron chi connectivity index (χ0n) is 12.0. The summed E-state index contributed by atoms with van der Waals surface area (Å²) >= 11 is 0. The normalized spacial score (nSPS) is 41.4. The molecule has 4 heteroatoms. The molecule has 5 atom stereocenters. The third kappa shape index (κ3) is 2.16. The Morgan fingerprint density at radius 1 is 1.58 bits per heavy atom. The Labute approximate surface area is 115 Å². The Bertz CT molecular complexity index is 371. The van der Waals surface area contributed by atoms with E-state index in [1.807, 2.05) is 13.8 Å². The van der Waals surface area contributed by atoms with Crippen molar-refractivity contribution in [3.63, 3.8) is 0 Å². The zero-order valence-corrected chi connectivity index (χ0v) is 12.0. The van der Waals surface area contributed by atoms with Crippen LogP contribution in [-0.4, -0.2) is 30.1 Å². The molecule has 1 aliphatic heterocycles. The number of nitrogens with two attached hydrogens (primary N) is 2. The first kappa shape index (κ1) is 14.7. The number of ether oxygens (including phenoxy) is 1. The molecule has 0 aromatic carbocycles. The van der Waals surface area contributed by atoms with Gasteiger partial charge in [-0.2, -0.15) is 0 Å². The molecule has 0 saturated carbocycles. The van der Waals surface area contributed by atoms with Gasteiger partial charge in [0.15, 0.2) is 0 Å². The van der Waals surface area contributed by atoms with Crippen LogP contribution in [0.5, 0.6) is 0 Å². The first-order chi connectivity index (χ1) is 8.99. The van der Waals surface area contributed by atoms with Crippen molar-refractivity contribution in [1.29, 1.82) is 0 Å². The Morgan fingerprint density at radius 2 is 2.32 bits per heavy atom. The van der Waals surface area contributed by atoms with Crippen molar-refractivity contribution >= 4 is 6.29 Å². The number of hydrogen-bond acceptors (Lipinski definition) is 4. The van der Waals surface area contributed by atoms with Crippen LogP contribution in [0.15, 0.2) is 12.2 Å². The van der Waals surface area contributed by atoms with Gasteiger partial charge >= 0.3 is 0 Å². The topological polar surface area (TPSA) is 78.3 Å². The Morgan fingerprint density at radius 3 is 2.74 bits per heavy atom. The number of hydrogen-bond donors (Lipinski definition) is 2. The van der Waals surface area contributed by atoms with Gasteiger partial charge in [-0.05, 0) is 38.5 Å². The molecule has 0 bridgehead atoms. The summed E-state index contributed by atoms with van der Waals surface area (Å²) < 4.78 is 5.73. The lowest BCUT2D eigenvalue weighted by molar-refractivity contribution is -0.241. The fourth-order valence-corrected chi connectivity index (χ4v) is 3.48. The number of rotatable bonds is 5. The van der Waals surface area contributed by atoms with Gasteiger partial charge in [0.2, 0.25) is 0 Å². The van der Waals surface area contributed by atoms with E-state index in [-0.39, 0.29) is 12.0 Å². The molecule has 1 heterocycles. The van der Waals surface area contributed by atoms with E-state index < -0.39 is 11.1 Å². The number of carbonyl (C=O) groups excluding carboxylic acids is 1. The molecule has 0 aromatic heterocycles. The molecular weight excluding hydrogens is 240 g/mol. The van der Waals surface area contributed by atoms with E-state index in [2.05, 4.69) is 12.2 Å². The van der Waals surface area contributed by atoms with Crippen molar-refractivity contribution in [2.24, 2.45) is 23.3 Å². The molecule has 1 saturated heterocycles. The van der Waals surface area contributed by atoms with Gasteiger partial charge in [-0.1, -0.05) is 19.1 Å². The van der Waals surface area contributed by atoms with E-state index in [1.165, 1.54) is 0 Å². The van der Waals surface area contributed by atoms with Crippen LogP contribution in [0.25, 0.3) is 0 Å². The van der Waals surface area contributed by atoms with E-state index in [0.717, 1.165) is 32.0 Å². The minimum absolute atomic E-state index is 0.156. The molecular formula is C15H26N2O2. The number of carbonyl (C=O) groups is 1. The Kier molecular flexibility index (Phi) is 4.14. The molecule has 0 amide bonds. The fourth-order valence-electron chi connectivity index (χ4n) is 3.48. The maximum atomic E-state index is 11.3. The Balaban J connectivity index is 2.19. The minimum atomic E-state index is -0.631. The highest BCUT2D eigenvalue weighted by atomic mass is 16.5. The van der Waals surface area contributed by atoms with Crippen LogP contribution >= 0.6 is 0 Å². The maximum Gasteiger partial charge on any atom is 0.126 e. The second-order valence-corrected chi connectivity index (χ2v) is 6.14. The average molecular weight is 266 g/mol. The molecule has 19 heavy (non-hydrogen) atoms. The van der Waals surface area contributed by atoms with Crippen molar-refractivity contribution in [3.05, 3.63) is 12.2 Å². The third-order valence-corrected chi connectivity index (χ3v) is 5.19. The van der Waals surface area contributed by atoms with E-state index in [0.29, 0.717) is 12.5 Å². The van der Waals surface area contributed by atoms with Gasteiger partial charge in [-0.3, -0.25) is 0 Å². The second-order valence-electron chi connectivity index (χ2n) is 6.14. The zero-order chi connectivity index (χ0) is 14.1. The van der Waals surface area contributed by atoms with Gasteiger partial charge in [0.1, 0.15) is 6.29 Å². The maximum absolute atomic E-state index is 11.3. The monoisotopic (exact) mass is 266 g/mol. The molecule has 4 nitrogen and oxygen atoms in total. The van der Waals surface area contributed by atoms with E-state index in [9.17, 15) is 4.79 Å². The smallest absolute Gasteiger partial charge is 0.126 e. The van der Waals surface area contributed by atoms with Crippen LogP contribution in [0.4, 0.5) is 0 Å². The predicted molar refractivity (Wildman–Crippen MR) is 75.6 cm³/mol. The summed E-state index contributed by atoms with van der Waals surface area (Å²) in [4.78, 5) is 11.3. The predicted octanol–water partition coefficient (Wildman–Crippen LogP) is 1.38. The third-order valence-electron chi connectivity index (χ3n) is 5.19. The summed E-state index contributed by atoms with van der Waals surface area (Å²) in [7, 11) is 0. The summed E-state index contributed by atoms with van der Waals surface area (Å²) in [5.74, 6) is 0.107. The number of allylic oxidation sites excluding steroid dienone is 1.